The summed E-state index contributed by atoms with van der Waals surface area (Å²) in [7, 11) is 0. The molecule has 0 aliphatic carbocycles. The molecule has 0 atom stereocenters. The molecule has 0 radical (unpaired) electrons. The average molecular weight is 490 g/mol. The van der Waals surface area contributed by atoms with E-state index in [0.29, 0.717) is 5.02 Å². The molecule has 0 aliphatic rings. The van der Waals surface area contributed by atoms with E-state index >= 15 is 0 Å². The van der Waals surface area contributed by atoms with Crippen molar-refractivity contribution in [2.24, 2.45) is 0 Å². The van der Waals surface area contributed by atoms with Gasteiger partial charge in [0.2, 0.25) is 0 Å². The molecule has 0 saturated heterocycles. The quantitative estimate of drug-likeness (QED) is 0.258. The Morgan fingerprint density at radius 1 is 0.882 bits per heavy atom. The molecule has 0 bridgehead atoms. The lowest BCUT2D eigenvalue weighted by Crippen LogP contribution is -2.18. The molecule has 176 valence electrons. The van der Waals surface area contributed by atoms with Crippen molar-refractivity contribution in [3.8, 4) is 0 Å². The largest absolute Gasteiger partial charge is 0.386 e. The maximum atomic E-state index is 10.4. The molecule has 3 aromatic carbocycles. The number of aryl methyl sites for hydroxylation is 2. The fourth-order valence-corrected chi connectivity index (χ4v) is 4.22. The van der Waals surface area contributed by atoms with E-state index in [1.54, 1.807) is 6.26 Å². The molecule has 0 unspecified atom stereocenters. The molecule has 4 heteroatoms. The topological polar surface area (TPSA) is 33.1 Å². The monoisotopic (exact) mass is 489 g/mol. The number of thiol groups is 1. The number of halogens is 1. The number of benzene rings is 3. The Hall–Kier alpha value is -2.59. The minimum absolute atomic E-state index is 0.698. The van der Waals surface area contributed by atoms with Crippen LogP contribution >= 0.6 is 24.2 Å². The van der Waals surface area contributed by atoms with Crippen molar-refractivity contribution in [3.05, 3.63) is 112 Å². The number of pyridine rings is 1. The number of fused-ring (bicyclic) bond motifs is 1. The second-order valence-corrected chi connectivity index (χ2v) is 9.16. The van der Waals surface area contributed by atoms with Crippen LogP contribution < -0.4 is 0 Å². The number of nitrogens with zero attached hydrogens (tertiary/aromatic N) is 1. The Bertz CT molecular complexity index is 1260. The van der Waals surface area contributed by atoms with Crippen LogP contribution in [0.2, 0.25) is 5.02 Å². The van der Waals surface area contributed by atoms with Crippen LogP contribution in [0.25, 0.3) is 23.1 Å². The van der Waals surface area contributed by atoms with E-state index in [4.69, 9.17) is 16.6 Å². The fraction of sp³-hybridized carbons (Fsp3) is 0.233. The summed E-state index contributed by atoms with van der Waals surface area (Å²) in [6.45, 7) is 3.70. The molecule has 4 aromatic rings. The predicted octanol–water partition coefficient (Wildman–Crippen LogP) is 8.01. The van der Waals surface area contributed by atoms with E-state index in [9.17, 15) is 5.11 Å². The van der Waals surface area contributed by atoms with E-state index in [0.717, 1.165) is 47.0 Å². The Kier molecular flexibility index (Phi) is 9.35. The summed E-state index contributed by atoms with van der Waals surface area (Å²) in [5, 5.41) is 12.2. The molecule has 1 aromatic heterocycles. The van der Waals surface area contributed by atoms with Crippen LogP contribution in [0, 0.1) is 0 Å². The van der Waals surface area contributed by atoms with E-state index in [-0.39, 0.29) is 0 Å². The molecule has 2 nitrogen and oxygen atoms in total. The Balaban J connectivity index is 0.00000158. The molecule has 0 aliphatic heterocycles. The van der Waals surface area contributed by atoms with Gasteiger partial charge in [0.05, 0.1) is 16.8 Å². The summed E-state index contributed by atoms with van der Waals surface area (Å²) < 4.78 is 0. The highest BCUT2D eigenvalue weighted by Gasteiger charge is 2.18. The molecule has 0 fully saturated rings. The second-order valence-electron chi connectivity index (χ2n) is 8.72. The number of rotatable bonds is 7. The van der Waals surface area contributed by atoms with E-state index in [1.165, 1.54) is 11.1 Å². The third kappa shape index (κ3) is 7.20. The molecule has 1 heterocycles. The van der Waals surface area contributed by atoms with Crippen LogP contribution in [0.15, 0.2) is 78.9 Å². The van der Waals surface area contributed by atoms with Crippen LogP contribution in [0.5, 0.6) is 0 Å². The van der Waals surface area contributed by atoms with Gasteiger partial charge >= 0.3 is 0 Å². The van der Waals surface area contributed by atoms with Crippen molar-refractivity contribution < 1.29 is 5.11 Å². The van der Waals surface area contributed by atoms with Gasteiger partial charge in [-0.25, -0.2) is 4.98 Å². The summed E-state index contributed by atoms with van der Waals surface area (Å²) in [5.41, 5.74) is 5.70. The third-order valence-electron chi connectivity index (χ3n) is 5.66. The summed E-state index contributed by atoms with van der Waals surface area (Å²) >= 11 is 9.63. The zero-order valence-corrected chi connectivity index (χ0v) is 21.7. The molecular formula is C30H32ClNOS. The second kappa shape index (κ2) is 12.2. The molecule has 0 spiro atoms. The minimum atomic E-state index is -0.816. The highest BCUT2D eigenvalue weighted by molar-refractivity contribution is 7.79. The van der Waals surface area contributed by atoms with Crippen molar-refractivity contribution >= 4 is 47.3 Å². The van der Waals surface area contributed by atoms with Crippen molar-refractivity contribution in [3.63, 3.8) is 0 Å². The minimum Gasteiger partial charge on any atom is -0.386 e. The summed E-state index contributed by atoms with van der Waals surface area (Å²) in [4.78, 5) is 4.69. The molecule has 0 amide bonds. The van der Waals surface area contributed by atoms with Gasteiger partial charge in [0, 0.05) is 10.4 Å². The molecule has 34 heavy (non-hydrogen) atoms. The van der Waals surface area contributed by atoms with Crippen molar-refractivity contribution in [2.75, 3.05) is 6.26 Å². The van der Waals surface area contributed by atoms with Gasteiger partial charge in [-0.3, -0.25) is 0 Å². The van der Waals surface area contributed by atoms with E-state index < -0.39 is 5.60 Å². The molecular weight excluding hydrogens is 458 g/mol. The highest BCUT2D eigenvalue weighted by Crippen LogP contribution is 2.25. The van der Waals surface area contributed by atoms with Crippen molar-refractivity contribution in [2.45, 2.75) is 38.7 Å². The molecule has 1 N–H and O–H groups in total. The van der Waals surface area contributed by atoms with Crippen molar-refractivity contribution in [1.29, 1.82) is 0 Å². The summed E-state index contributed by atoms with van der Waals surface area (Å²) in [5.74, 6) is 0. The van der Waals surface area contributed by atoms with Crippen LogP contribution in [0.3, 0.4) is 0 Å². The lowest BCUT2D eigenvalue weighted by molar-refractivity contribution is 0.0776. The maximum Gasteiger partial charge on any atom is 0.0843 e. The first-order chi connectivity index (χ1) is 16.4. The first kappa shape index (κ1) is 26.0. The zero-order valence-electron chi connectivity index (χ0n) is 20.0. The number of hydrogen-bond acceptors (Lipinski definition) is 3. The zero-order chi connectivity index (χ0) is 24.6. The van der Waals surface area contributed by atoms with Gasteiger partial charge in [0.1, 0.15) is 0 Å². The van der Waals surface area contributed by atoms with Gasteiger partial charge in [-0.15, -0.1) is 0 Å². The van der Waals surface area contributed by atoms with Gasteiger partial charge in [0.25, 0.3) is 0 Å². The van der Waals surface area contributed by atoms with Gasteiger partial charge < -0.3 is 5.11 Å². The van der Waals surface area contributed by atoms with Gasteiger partial charge in [-0.2, -0.15) is 12.6 Å². The van der Waals surface area contributed by atoms with Gasteiger partial charge in [-0.05, 0) is 85.9 Å². The normalized spacial score (nSPS) is 11.5. The summed E-state index contributed by atoms with van der Waals surface area (Å²) in [6, 6.07) is 26.7. The third-order valence-corrected chi connectivity index (χ3v) is 5.90. The lowest BCUT2D eigenvalue weighted by Gasteiger charge is -2.21. The van der Waals surface area contributed by atoms with E-state index in [2.05, 4.69) is 55.1 Å². The summed E-state index contributed by atoms with van der Waals surface area (Å²) in [6.07, 6.45) is 8.82. The first-order valence-electron chi connectivity index (χ1n) is 11.5. The highest BCUT2D eigenvalue weighted by atomic mass is 35.5. The van der Waals surface area contributed by atoms with Crippen LogP contribution in [0.1, 0.15) is 48.2 Å². The van der Waals surface area contributed by atoms with Crippen LogP contribution in [0.4, 0.5) is 0 Å². The molecule has 0 saturated carbocycles. The fourth-order valence-electron chi connectivity index (χ4n) is 4.05. The average Bonchev–Trinajstić information content (AvgIpc) is 2.84. The Labute approximate surface area is 213 Å². The standard InChI is InChI=1S/C29H28ClNO.CH4S/c1-29(2,32)27-12-4-3-10-23(27)11-6-9-21-7-5-8-22(19-21)13-17-26-18-15-24-14-16-25(30)20-28(24)31-26;1-2/h3-5,7-8,10,12-20,32H,6,9,11H2,1-2H3;2H,1H3/b17-13+;. The van der Waals surface area contributed by atoms with Crippen LogP contribution in [-0.4, -0.2) is 16.3 Å². The number of aliphatic hydroxyl groups is 1. The first-order valence-corrected chi connectivity index (χ1v) is 12.7. The predicted molar refractivity (Wildman–Crippen MR) is 151 cm³/mol. The lowest BCUT2D eigenvalue weighted by atomic mass is 9.90. The SMILES string of the molecule is CC(C)(O)c1ccccc1CCCc1cccc(/C=C/c2ccc3ccc(Cl)cc3n2)c1.CS. The Morgan fingerprint density at radius 3 is 2.44 bits per heavy atom. The van der Waals surface area contributed by atoms with Crippen LogP contribution in [-0.2, 0) is 18.4 Å². The van der Waals surface area contributed by atoms with Gasteiger partial charge in [-0.1, -0.05) is 78.3 Å². The molecule has 4 rings (SSSR count). The number of aromatic nitrogens is 1. The Morgan fingerprint density at radius 2 is 1.65 bits per heavy atom. The maximum absolute atomic E-state index is 10.4. The van der Waals surface area contributed by atoms with E-state index in [1.807, 2.05) is 62.4 Å². The number of hydrogen-bond donors (Lipinski definition) is 2. The van der Waals surface area contributed by atoms with Gasteiger partial charge in [0.15, 0.2) is 0 Å². The smallest absolute Gasteiger partial charge is 0.0843 e. The van der Waals surface area contributed by atoms with Crippen molar-refractivity contribution in [1.82, 2.24) is 4.98 Å².